The van der Waals surface area contributed by atoms with Crippen molar-refractivity contribution >= 4 is 28.8 Å². The van der Waals surface area contributed by atoms with Gasteiger partial charge in [-0.2, -0.15) is 0 Å². The van der Waals surface area contributed by atoms with Gasteiger partial charge in [-0.05, 0) is 38.8 Å². The maximum atomic E-state index is 6.40. The predicted octanol–water partition coefficient (Wildman–Crippen LogP) is 3.06. The van der Waals surface area contributed by atoms with Gasteiger partial charge in [0.2, 0.25) is 0 Å². The number of hydrogen-bond acceptors (Lipinski definition) is 3. The Balaban J connectivity index is 2.01. The van der Waals surface area contributed by atoms with E-state index >= 15 is 0 Å². The number of amidine groups is 1. The monoisotopic (exact) mass is 316 g/mol. The average Bonchev–Trinajstić information content (AvgIpc) is 3.31. The molecule has 0 spiro atoms. The van der Waals surface area contributed by atoms with Crippen molar-refractivity contribution < 1.29 is 0 Å². The smallest absolute Gasteiger partial charge is 0.139 e. The third kappa shape index (κ3) is 2.92. The van der Waals surface area contributed by atoms with Crippen molar-refractivity contribution in [3.8, 4) is 11.8 Å². The van der Waals surface area contributed by atoms with Crippen LogP contribution >= 0.6 is 11.6 Å². The second-order valence-electron chi connectivity index (χ2n) is 5.61. The first-order valence-corrected chi connectivity index (χ1v) is 8.20. The second-order valence-corrected chi connectivity index (χ2v) is 6.02. The summed E-state index contributed by atoms with van der Waals surface area (Å²) < 4.78 is 0. The minimum absolute atomic E-state index is 0.267. The van der Waals surface area contributed by atoms with Crippen molar-refractivity contribution in [1.29, 1.82) is 0 Å². The molecule has 22 heavy (non-hydrogen) atoms. The highest BCUT2D eigenvalue weighted by atomic mass is 35.5. The highest BCUT2D eigenvalue weighted by Gasteiger charge is 2.28. The molecule has 1 aromatic carbocycles. The molecule has 116 valence electrons. The van der Waals surface area contributed by atoms with Crippen molar-refractivity contribution in [2.45, 2.75) is 32.9 Å². The standard InChI is InChI=1S/C17H21ClN4/c1-3-20-17-16(19)22(4-2)15-10-13(18)12(9-14(15)21-17)8-7-11-5-6-11/h9-11,16H,3-6,19H2,1-2H3,(H,20,21). The topological polar surface area (TPSA) is 53.7 Å². The maximum Gasteiger partial charge on any atom is 0.139 e. The molecule has 1 aliphatic carbocycles. The van der Waals surface area contributed by atoms with Gasteiger partial charge in [-0.3, -0.25) is 4.99 Å². The largest absolute Gasteiger partial charge is 0.348 e. The summed E-state index contributed by atoms with van der Waals surface area (Å²) in [5, 5.41) is 4.02. The number of likely N-dealkylation sites (N-methyl/N-ethyl adjacent to an activating group) is 1. The Hall–Kier alpha value is -1.70. The van der Waals surface area contributed by atoms with Gasteiger partial charge >= 0.3 is 0 Å². The van der Waals surface area contributed by atoms with Crippen LogP contribution in [0.2, 0.25) is 5.02 Å². The van der Waals surface area contributed by atoms with Crippen LogP contribution in [0.1, 0.15) is 32.3 Å². The molecule has 5 heteroatoms. The van der Waals surface area contributed by atoms with E-state index in [1.54, 1.807) is 0 Å². The molecule has 1 saturated carbocycles. The molecule has 4 nitrogen and oxygen atoms in total. The lowest BCUT2D eigenvalue weighted by Gasteiger charge is -2.37. The van der Waals surface area contributed by atoms with Gasteiger partial charge in [0.05, 0.1) is 16.4 Å². The van der Waals surface area contributed by atoms with Crippen LogP contribution in [0.5, 0.6) is 0 Å². The van der Waals surface area contributed by atoms with Crippen molar-refractivity contribution in [2.24, 2.45) is 16.6 Å². The number of rotatable bonds is 2. The summed E-state index contributed by atoms with van der Waals surface area (Å²) in [5.74, 6) is 7.81. The van der Waals surface area contributed by atoms with Gasteiger partial charge in [0, 0.05) is 24.6 Å². The zero-order valence-electron chi connectivity index (χ0n) is 13.0. The summed E-state index contributed by atoms with van der Waals surface area (Å²) in [4.78, 5) is 6.57. The summed E-state index contributed by atoms with van der Waals surface area (Å²) in [5.41, 5.74) is 9.13. The summed E-state index contributed by atoms with van der Waals surface area (Å²) in [6.07, 6.45) is 2.15. The molecule has 1 unspecified atom stereocenters. The molecule has 2 aliphatic rings. The zero-order valence-corrected chi connectivity index (χ0v) is 13.7. The fourth-order valence-electron chi connectivity index (χ4n) is 2.58. The molecular weight excluding hydrogens is 296 g/mol. The van der Waals surface area contributed by atoms with Crippen molar-refractivity contribution in [1.82, 2.24) is 0 Å². The Labute approximate surface area is 136 Å². The van der Waals surface area contributed by atoms with E-state index in [-0.39, 0.29) is 6.17 Å². The second kappa shape index (κ2) is 6.20. The summed E-state index contributed by atoms with van der Waals surface area (Å²) in [6, 6.07) is 3.96. The Kier molecular flexibility index (Phi) is 4.28. The Morgan fingerprint density at radius 3 is 2.82 bits per heavy atom. The molecule has 1 heterocycles. The fraction of sp³-hybridized carbons (Fsp3) is 0.471. The van der Waals surface area contributed by atoms with Gasteiger partial charge < -0.3 is 16.0 Å². The van der Waals surface area contributed by atoms with Gasteiger partial charge in [-0.25, -0.2) is 0 Å². The number of anilines is 2. The van der Waals surface area contributed by atoms with Gasteiger partial charge in [0.15, 0.2) is 0 Å². The Morgan fingerprint density at radius 2 is 2.18 bits per heavy atom. The van der Waals surface area contributed by atoms with Crippen LogP contribution in [0.4, 0.5) is 11.4 Å². The van der Waals surface area contributed by atoms with Crippen LogP contribution in [0.25, 0.3) is 0 Å². The van der Waals surface area contributed by atoms with Gasteiger partial charge in [-0.15, -0.1) is 0 Å². The highest BCUT2D eigenvalue weighted by molar-refractivity contribution is 6.32. The highest BCUT2D eigenvalue weighted by Crippen LogP contribution is 2.36. The van der Waals surface area contributed by atoms with E-state index in [0.717, 1.165) is 29.3 Å². The number of benzene rings is 1. The van der Waals surface area contributed by atoms with Crippen LogP contribution in [-0.4, -0.2) is 25.1 Å². The number of fused-ring (bicyclic) bond motifs is 1. The quantitative estimate of drug-likeness (QED) is 0.825. The van der Waals surface area contributed by atoms with Crippen LogP contribution in [-0.2, 0) is 0 Å². The van der Waals surface area contributed by atoms with Crippen molar-refractivity contribution in [3.05, 3.63) is 22.7 Å². The van der Waals surface area contributed by atoms with E-state index in [1.165, 1.54) is 12.8 Å². The first-order valence-electron chi connectivity index (χ1n) is 7.82. The van der Waals surface area contributed by atoms with Crippen LogP contribution < -0.4 is 16.0 Å². The Bertz CT molecular complexity index is 667. The molecule has 3 rings (SSSR count). The summed E-state index contributed by atoms with van der Waals surface area (Å²) in [6.45, 7) is 5.57. The molecule has 0 radical (unpaired) electrons. The molecule has 0 aromatic heterocycles. The van der Waals surface area contributed by atoms with Gasteiger partial charge in [0.1, 0.15) is 12.0 Å². The lowest BCUT2D eigenvalue weighted by atomic mass is 10.1. The number of halogens is 1. The van der Waals surface area contributed by atoms with Crippen LogP contribution in [0, 0.1) is 17.8 Å². The lowest BCUT2D eigenvalue weighted by Crippen LogP contribution is -2.53. The van der Waals surface area contributed by atoms with E-state index in [2.05, 4.69) is 34.0 Å². The van der Waals surface area contributed by atoms with Crippen molar-refractivity contribution in [2.75, 3.05) is 23.3 Å². The molecule has 3 N–H and O–H groups in total. The zero-order chi connectivity index (χ0) is 15.7. The SMILES string of the molecule is CCN=C1Nc2cc(C#CC3CC3)c(Cl)cc2N(CC)C1N. The minimum atomic E-state index is -0.267. The Morgan fingerprint density at radius 1 is 1.41 bits per heavy atom. The maximum absolute atomic E-state index is 6.40. The number of nitrogens with zero attached hydrogens (tertiary/aromatic N) is 2. The molecular formula is C17H21ClN4. The van der Waals surface area contributed by atoms with Gasteiger partial charge in [-0.1, -0.05) is 23.4 Å². The summed E-state index contributed by atoms with van der Waals surface area (Å²) >= 11 is 6.40. The number of nitrogens with two attached hydrogens (primary N) is 1. The molecule has 0 amide bonds. The first kappa shape index (κ1) is 15.2. The van der Waals surface area contributed by atoms with Crippen molar-refractivity contribution in [3.63, 3.8) is 0 Å². The molecule has 0 bridgehead atoms. The van der Waals surface area contributed by atoms with E-state index in [9.17, 15) is 0 Å². The lowest BCUT2D eigenvalue weighted by molar-refractivity contribution is 0.747. The molecule has 1 aromatic rings. The van der Waals surface area contributed by atoms with E-state index < -0.39 is 0 Å². The average molecular weight is 317 g/mol. The van der Waals surface area contributed by atoms with Crippen LogP contribution in [0.15, 0.2) is 17.1 Å². The summed E-state index contributed by atoms with van der Waals surface area (Å²) in [7, 11) is 0. The normalized spacial score (nSPS) is 21.9. The fourth-order valence-corrected chi connectivity index (χ4v) is 2.79. The van der Waals surface area contributed by atoms with Gasteiger partial charge in [0.25, 0.3) is 0 Å². The molecule has 1 atom stereocenters. The number of nitrogens with one attached hydrogen (secondary N) is 1. The number of hydrogen-bond donors (Lipinski definition) is 2. The predicted molar refractivity (Wildman–Crippen MR) is 93.6 cm³/mol. The van der Waals surface area contributed by atoms with E-state index in [0.29, 0.717) is 17.5 Å². The molecule has 0 saturated heterocycles. The number of aliphatic imine (C=N–C) groups is 1. The van der Waals surface area contributed by atoms with E-state index in [1.807, 2.05) is 19.1 Å². The van der Waals surface area contributed by atoms with Crippen LogP contribution in [0.3, 0.4) is 0 Å². The van der Waals surface area contributed by atoms with E-state index in [4.69, 9.17) is 17.3 Å². The third-order valence-corrected chi connectivity index (χ3v) is 4.24. The molecule has 1 aliphatic heterocycles. The third-order valence-electron chi connectivity index (χ3n) is 3.93. The molecule has 1 fully saturated rings. The minimum Gasteiger partial charge on any atom is -0.348 e. The first-order chi connectivity index (χ1) is 10.6.